The first-order chi connectivity index (χ1) is 17.3. The molecule has 1 N–H and O–H groups in total. The number of amides is 1. The first kappa shape index (κ1) is 23.6. The molecule has 1 amide bonds. The zero-order valence-corrected chi connectivity index (χ0v) is 21.1. The largest absolute Gasteiger partial charge is 0.454 e. The van der Waals surface area contributed by atoms with Crippen LogP contribution in [0, 0.1) is 23.2 Å². The van der Waals surface area contributed by atoms with Crippen LogP contribution in [-0.4, -0.2) is 50.7 Å². The lowest BCUT2D eigenvalue weighted by Crippen LogP contribution is -2.56. The van der Waals surface area contributed by atoms with Crippen LogP contribution < -0.4 is 0 Å². The van der Waals surface area contributed by atoms with E-state index in [-0.39, 0.29) is 36.8 Å². The van der Waals surface area contributed by atoms with Crippen molar-refractivity contribution in [2.45, 2.75) is 83.5 Å². The van der Waals surface area contributed by atoms with Crippen LogP contribution >= 0.6 is 0 Å². The Morgan fingerprint density at radius 1 is 1.08 bits per heavy atom. The number of benzene rings is 1. The number of aromatic nitrogens is 2. The van der Waals surface area contributed by atoms with Gasteiger partial charge in [0.15, 0.2) is 6.61 Å². The van der Waals surface area contributed by atoms with Crippen molar-refractivity contribution in [2.24, 2.45) is 23.2 Å². The lowest BCUT2D eigenvalue weighted by Gasteiger charge is -2.56. The summed E-state index contributed by atoms with van der Waals surface area (Å²) in [6, 6.07) is 7.20. The number of aliphatic hydroxyl groups excluding tert-OH is 1. The predicted molar refractivity (Wildman–Crippen MR) is 130 cm³/mol. The molecule has 2 aromatic rings. The van der Waals surface area contributed by atoms with Crippen LogP contribution in [0.3, 0.4) is 0 Å². The van der Waals surface area contributed by atoms with E-state index in [9.17, 15) is 14.7 Å². The molecule has 4 aliphatic carbocycles. The number of rotatable bonds is 6. The Kier molecular flexibility index (Phi) is 5.90. The highest BCUT2D eigenvalue weighted by Crippen LogP contribution is 2.60. The number of hydrogen-bond donors (Lipinski definition) is 1. The Hall–Kier alpha value is -2.74. The monoisotopic (exact) mass is 493 g/mol. The molecular formula is C28H35N3O5. The molecule has 2 heterocycles. The van der Waals surface area contributed by atoms with Crippen LogP contribution in [0.1, 0.15) is 76.2 Å². The van der Waals surface area contributed by atoms with Gasteiger partial charge in [-0.3, -0.25) is 4.79 Å². The summed E-state index contributed by atoms with van der Waals surface area (Å²) in [6.07, 6.45) is 6.00. The van der Waals surface area contributed by atoms with Gasteiger partial charge >= 0.3 is 5.97 Å². The van der Waals surface area contributed by atoms with Crippen molar-refractivity contribution in [1.29, 1.82) is 0 Å². The van der Waals surface area contributed by atoms with Crippen molar-refractivity contribution in [1.82, 2.24) is 15.0 Å². The van der Waals surface area contributed by atoms with E-state index in [1.165, 1.54) is 24.8 Å². The molecular weight excluding hydrogens is 458 g/mol. The Morgan fingerprint density at radius 2 is 1.72 bits per heavy atom. The highest BCUT2D eigenvalue weighted by Gasteiger charge is 2.57. The minimum atomic E-state index is -0.772. The molecule has 1 aliphatic heterocycles. The maximum absolute atomic E-state index is 13.8. The van der Waals surface area contributed by atoms with Gasteiger partial charge in [0.05, 0.1) is 11.5 Å². The molecule has 8 heteroatoms. The maximum atomic E-state index is 13.8. The second kappa shape index (κ2) is 8.98. The van der Waals surface area contributed by atoms with E-state index in [4.69, 9.17) is 9.26 Å². The molecule has 1 aromatic carbocycles. The number of carbonyl (C=O) groups excluding carboxylic acids is 2. The normalized spacial score (nSPS) is 32.9. The molecule has 8 nitrogen and oxygen atoms in total. The molecule has 7 rings (SSSR count). The zero-order valence-electron chi connectivity index (χ0n) is 21.1. The number of ether oxygens (including phenoxy) is 1. The van der Waals surface area contributed by atoms with Crippen molar-refractivity contribution in [3.63, 3.8) is 0 Å². The molecule has 4 saturated carbocycles. The van der Waals surface area contributed by atoms with Gasteiger partial charge in [0.1, 0.15) is 6.04 Å². The number of nitrogens with zero attached hydrogens (tertiary/aromatic N) is 3. The van der Waals surface area contributed by atoms with Gasteiger partial charge in [-0.2, -0.15) is 4.98 Å². The molecule has 36 heavy (non-hydrogen) atoms. The first-order valence-corrected chi connectivity index (χ1v) is 13.4. The maximum Gasteiger partial charge on any atom is 0.329 e. The van der Waals surface area contributed by atoms with Crippen molar-refractivity contribution < 1.29 is 24.0 Å². The van der Waals surface area contributed by atoms with Crippen molar-refractivity contribution >= 4 is 11.9 Å². The van der Waals surface area contributed by atoms with E-state index in [1.54, 1.807) is 4.90 Å². The third kappa shape index (κ3) is 4.23. The average Bonchev–Trinajstić information content (AvgIpc) is 3.48. The van der Waals surface area contributed by atoms with Crippen molar-refractivity contribution in [3.05, 3.63) is 35.7 Å². The van der Waals surface area contributed by atoms with Crippen LogP contribution in [0.5, 0.6) is 0 Å². The van der Waals surface area contributed by atoms with Crippen LogP contribution in [0.25, 0.3) is 11.4 Å². The Morgan fingerprint density at radius 3 is 2.33 bits per heavy atom. The van der Waals surface area contributed by atoms with Gasteiger partial charge in [-0.25, -0.2) is 4.79 Å². The standard InChI is InChI=1S/C28H35N3O5/c1-16(2)20-3-5-21(6-4-20)25-29-24(36-30-25)15-35-26(33)23-10-22(32)14-31(23)27(34)28-11-17-7-18(12-28)9-19(8-17)13-28/h3-6,16-19,22-23,32H,7-15H2,1-2H3/t17?,18?,19?,22?,23-,28?/m0/s1. The third-order valence-electron chi connectivity index (χ3n) is 8.95. The quantitative estimate of drug-likeness (QED) is 0.605. The molecule has 2 atom stereocenters. The van der Waals surface area contributed by atoms with E-state index in [0.717, 1.165) is 24.8 Å². The van der Waals surface area contributed by atoms with Crippen LogP contribution in [-0.2, 0) is 20.9 Å². The van der Waals surface area contributed by atoms with Gasteiger partial charge in [-0.15, -0.1) is 0 Å². The number of hydrogen-bond acceptors (Lipinski definition) is 7. The summed E-state index contributed by atoms with van der Waals surface area (Å²) in [7, 11) is 0. The number of likely N-dealkylation sites (tertiary alicyclic amines) is 1. The zero-order chi connectivity index (χ0) is 25.0. The van der Waals surface area contributed by atoms with Gasteiger partial charge < -0.3 is 19.3 Å². The van der Waals surface area contributed by atoms with E-state index >= 15 is 0 Å². The minimum Gasteiger partial charge on any atom is -0.454 e. The predicted octanol–water partition coefficient (Wildman–Crippen LogP) is 4.08. The van der Waals surface area contributed by atoms with Crippen molar-refractivity contribution in [3.8, 4) is 11.4 Å². The lowest BCUT2D eigenvalue weighted by molar-refractivity contribution is -0.166. The fourth-order valence-electron chi connectivity index (χ4n) is 7.62. The summed E-state index contributed by atoms with van der Waals surface area (Å²) in [6.45, 7) is 4.30. The molecule has 192 valence electrons. The number of β-amino-alcohol motifs (C(OH)–C–C–N with tert-alkyl or cyclic N) is 1. The summed E-state index contributed by atoms with van der Waals surface area (Å²) >= 11 is 0. The van der Waals surface area contributed by atoms with E-state index in [0.29, 0.717) is 29.5 Å². The first-order valence-electron chi connectivity index (χ1n) is 13.4. The summed E-state index contributed by atoms with van der Waals surface area (Å²) in [5.41, 5.74) is 1.69. The average molecular weight is 494 g/mol. The van der Waals surface area contributed by atoms with E-state index in [1.807, 2.05) is 24.3 Å². The number of esters is 1. The number of carbonyl (C=O) groups is 2. The molecule has 4 bridgehead atoms. The second-order valence-electron chi connectivity index (χ2n) is 12.0. The molecule has 1 unspecified atom stereocenters. The minimum absolute atomic E-state index is 0.0463. The van der Waals surface area contributed by atoms with Crippen LogP contribution in [0.15, 0.2) is 28.8 Å². The summed E-state index contributed by atoms with van der Waals surface area (Å²) < 4.78 is 10.8. The lowest BCUT2D eigenvalue weighted by atomic mass is 9.49. The SMILES string of the molecule is CC(C)c1ccc(-c2noc(COC(=O)[C@@H]3CC(O)CN3C(=O)C34CC5CC(CC(C5)C3)C4)n2)cc1. The molecule has 0 radical (unpaired) electrons. The van der Waals surface area contributed by atoms with Crippen LogP contribution in [0.4, 0.5) is 0 Å². The third-order valence-corrected chi connectivity index (χ3v) is 8.95. The fraction of sp³-hybridized carbons (Fsp3) is 0.643. The molecule has 5 fully saturated rings. The summed E-state index contributed by atoms with van der Waals surface area (Å²) in [5.74, 6) is 2.48. The Labute approximate surface area is 211 Å². The van der Waals surface area contributed by atoms with Gasteiger partial charge in [0.2, 0.25) is 11.7 Å². The highest BCUT2D eigenvalue weighted by atomic mass is 16.6. The fourth-order valence-corrected chi connectivity index (χ4v) is 7.62. The Bertz CT molecular complexity index is 1110. The second-order valence-corrected chi connectivity index (χ2v) is 12.0. The van der Waals surface area contributed by atoms with Gasteiger partial charge in [0.25, 0.3) is 5.89 Å². The summed E-state index contributed by atoms with van der Waals surface area (Å²) in [4.78, 5) is 32.9. The van der Waals surface area contributed by atoms with Gasteiger partial charge in [-0.05, 0) is 67.8 Å². The highest BCUT2D eigenvalue weighted by molar-refractivity contribution is 5.89. The number of aliphatic hydroxyl groups is 1. The van der Waals surface area contributed by atoms with E-state index < -0.39 is 18.1 Å². The summed E-state index contributed by atoms with van der Waals surface area (Å²) in [5, 5.41) is 14.4. The van der Waals surface area contributed by atoms with Crippen molar-refractivity contribution in [2.75, 3.05) is 6.54 Å². The van der Waals surface area contributed by atoms with E-state index in [2.05, 4.69) is 24.0 Å². The molecule has 1 saturated heterocycles. The van der Waals surface area contributed by atoms with Gasteiger partial charge in [0, 0.05) is 18.5 Å². The van der Waals surface area contributed by atoms with Crippen LogP contribution in [0.2, 0.25) is 0 Å². The molecule has 1 aromatic heterocycles. The Balaban J connectivity index is 1.11. The smallest absolute Gasteiger partial charge is 0.329 e. The van der Waals surface area contributed by atoms with Gasteiger partial charge in [-0.1, -0.05) is 43.3 Å². The topological polar surface area (TPSA) is 106 Å². The molecule has 5 aliphatic rings. The molecule has 0 spiro atoms.